The van der Waals surface area contributed by atoms with Crippen LogP contribution >= 0.6 is 0 Å². The molecule has 120 valence electrons. The molecule has 2 aromatic rings. The molecule has 0 fully saturated rings. The lowest BCUT2D eigenvalue weighted by Gasteiger charge is -2.30. The van der Waals surface area contributed by atoms with Crippen molar-refractivity contribution in [1.82, 2.24) is 0 Å². The van der Waals surface area contributed by atoms with Crippen LogP contribution in [0.5, 0.6) is 5.75 Å². The number of benzene rings is 2. The van der Waals surface area contributed by atoms with Gasteiger partial charge in [-0.1, -0.05) is 12.1 Å². The highest BCUT2D eigenvalue weighted by Crippen LogP contribution is 2.31. The zero-order valence-electron chi connectivity index (χ0n) is 13.6. The van der Waals surface area contributed by atoms with Crippen LogP contribution in [0.25, 0.3) is 0 Å². The molecule has 0 radical (unpaired) electrons. The van der Waals surface area contributed by atoms with Gasteiger partial charge in [-0.3, -0.25) is 4.79 Å². The van der Waals surface area contributed by atoms with Gasteiger partial charge in [0.1, 0.15) is 5.75 Å². The first-order valence-electron chi connectivity index (χ1n) is 8.04. The largest absolute Gasteiger partial charge is 0.494 e. The van der Waals surface area contributed by atoms with Crippen LogP contribution in [0.1, 0.15) is 34.8 Å². The second-order valence-electron chi connectivity index (χ2n) is 5.86. The molecule has 0 aliphatic carbocycles. The zero-order valence-corrected chi connectivity index (χ0v) is 13.6. The third kappa shape index (κ3) is 3.02. The molecule has 4 heteroatoms. The molecule has 0 unspecified atom stereocenters. The Morgan fingerprint density at radius 3 is 2.87 bits per heavy atom. The lowest BCUT2D eigenvalue weighted by Crippen LogP contribution is -2.35. The molecule has 1 aliphatic heterocycles. The number of nitrogens with zero attached hydrogens (tertiary/aromatic N) is 1. The Hall–Kier alpha value is -2.49. The summed E-state index contributed by atoms with van der Waals surface area (Å²) in [7, 11) is 0. The van der Waals surface area contributed by atoms with Gasteiger partial charge in [0, 0.05) is 23.5 Å². The Kier molecular flexibility index (Phi) is 4.24. The highest BCUT2D eigenvalue weighted by molar-refractivity contribution is 6.07. The molecule has 0 spiro atoms. The number of ether oxygens (including phenoxy) is 1. The van der Waals surface area contributed by atoms with Crippen molar-refractivity contribution in [1.29, 1.82) is 0 Å². The van der Waals surface area contributed by atoms with Crippen molar-refractivity contribution >= 4 is 17.3 Å². The fourth-order valence-electron chi connectivity index (χ4n) is 3.00. The lowest BCUT2D eigenvalue weighted by molar-refractivity contribution is 0.0984. The Labute approximate surface area is 136 Å². The van der Waals surface area contributed by atoms with Gasteiger partial charge in [0.05, 0.1) is 6.61 Å². The predicted octanol–water partition coefficient (Wildman–Crippen LogP) is 3.57. The lowest BCUT2D eigenvalue weighted by atomic mass is 10.00. The van der Waals surface area contributed by atoms with E-state index in [-0.39, 0.29) is 5.91 Å². The van der Waals surface area contributed by atoms with Crippen molar-refractivity contribution in [3.63, 3.8) is 0 Å². The number of nitrogens with two attached hydrogens (primary N) is 1. The maximum atomic E-state index is 13.0. The van der Waals surface area contributed by atoms with Crippen molar-refractivity contribution in [3.8, 4) is 5.75 Å². The first-order chi connectivity index (χ1) is 11.1. The molecule has 23 heavy (non-hydrogen) atoms. The molecule has 1 amide bonds. The van der Waals surface area contributed by atoms with Gasteiger partial charge in [-0.2, -0.15) is 0 Å². The molecule has 0 atom stereocenters. The number of fused-ring (bicyclic) bond motifs is 1. The fraction of sp³-hybridized carbons (Fsp3) is 0.316. The van der Waals surface area contributed by atoms with Crippen LogP contribution in [0.15, 0.2) is 36.4 Å². The molecule has 4 nitrogen and oxygen atoms in total. The minimum Gasteiger partial charge on any atom is -0.494 e. The number of aryl methyl sites for hydroxylation is 2. The van der Waals surface area contributed by atoms with E-state index in [0.717, 1.165) is 29.8 Å². The summed E-state index contributed by atoms with van der Waals surface area (Å²) in [6.07, 6.45) is 1.95. The molecule has 0 saturated heterocycles. The second kappa shape index (κ2) is 6.32. The smallest absolute Gasteiger partial charge is 0.258 e. The third-order valence-corrected chi connectivity index (χ3v) is 4.21. The highest BCUT2D eigenvalue weighted by atomic mass is 16.5. The summed E-state index contributed by atoms with van der Waals surface area (Å²) >= 11 is 0. The minimum absolute atomic E-state index is 0.00231. The van der Waals surface area contributed by atoms with Crippen molar-refractivity contribution in [2.24, 2.45) is 0 Å². The predicted molar refractivity (Wildman–Crippen MR) is 93.2 cm³/mol. The van der Waals surface area contributed by atoms with Gasteiger partial charge in [-0.05, 0) is 62.1 Å². The van der Waals surface area contributed by atoms with E-state index in [1.807, 2.05) is 55.1 Å². The SMILES string of the molecule is CCOc1cc(C(=O)N2CCCc3ccc(N)cc32)ccc1C. The van der Waals surface area contributed by atoms with Gasteiger partial charge in [0.25, 0.3) is 5.91 Å². The molecule has 0 saturated carbocycles. The van der Waals surface area contributed by atoms with Crippen LogP contribution in [-0.4, -0.2) is 19.1 Å². The van der Waals surface area contributed by atoms with Gasteiger partial charge in [-0.15, -0.1) is 0 Å². The van der Waals surface area contributed by atoms with Crippen LogP contribution in [-0.2, 0) is 6.42 Å². The average Bonchev–Trinajstić information content (AvgIpc) is 2.56. The van der Waals surface area contributed by atoms with Crippen molar-refractivity contribution in [2.45, 2.75) is 26.7 Å². The summed E-state index contributed by atoms with van der Waals surface area (Å²) in [6.45, 7) is 5.22. The van der Waals surface area contributed by atoms with Crippen molar-refractivity contribution in [2.75, 3.05) is 23.8 Å². The van der Waals surface area contributed by atoms with Gasteiger partial charge in [0.15, 0.2) is 0 Å². The van der Waals surface area contributed by atoms with Gasteiger partial charge in [-0.25, -0.2) is 0 Å². The monoisotopic (exact) mass is 310 g/mol. The molecular weight excluding hydrogens is 288 g/mol. The van der Waals surface area contributed by atoms with Crippen molar-refractivity contribution < 1.29 is 9.53 Å². The highest BCUT2D eigenvalue weighted by Gasteiger charge is 2.24. The van der Waals surface area contributed by atoms with E-state index >= 15 is 0 Å². The normalized spacial score (nSPS) is 13.6. The third-order valence-electron chi connectivity index (χ3n) is 4.21. The number of nitrogen functional groups attached to an aromatic ring is 1. The van der Waals surface area contributed by atoms with Crippen LogP contribution in [0, 0.1) is 6.92 Å². The molecule has 2 N–H and O–H groups in total. The molecule has 2 aromatic carbocycles. The summed E-state index contributed by atoms with van der Waals surface area (Å²) in [5.41, 5.74) is 10.4. The van der Waals surface area contributed by atoms with E-state index in [2.05, 4.69) is 0 Å². The zero-order chi connectivity index (χ0) is 16.4. The molecule has 0 aromatic heterocycles. The van der Waals surface area contributed by atoms with E-state index in [0.29, 0.717) is 24.4 Å². The molecule has 3 rings (SSSR count). The number of hydrogen-bond donors (Lipinski definition) is 1. The molecular formula is C19H22N2O2. The molecule has 0 bridgehead atoms. The number of rotatable bonds is 3. The van der Waals surface area contributed by atoms with E-state index < -0.39 is 0 Å². The molecule has 1 aliphatic rings. The standard InChI is InChI=1S/C19H22N2O2/c1-3-23-18-11-15(7-6-13(18)2)19(22)21-10-4-5-14-8-9-16(20)12-17(14)21/h6-9,11-12H,3-5,10,20H2,1-2H3. The van der Waals surface area contributed by atoms with Crippen LogP contribution in [0.3, 0.4) is 0 Å². The Morgan fingerprint density at radius 1 is 1.26 bits per heavy atom. The number of hydrogen-bond acceptors (Lipinski definition) is 3. The number of amides is 1. The number of anilines is 2. The van der Waals surface area contributed by atoms with Crippen LogP contribution < -0.4 is 15.4 Å². The minimum atomic E-state index is -0.00231. The first-order valence-corrected chi connectivity index (χ1v) is 8.04. The number of carbonyl (C=O) groups is 1. The van der Waals surface area contributed by atoms with E-state index in [1.54, 1.807) is 0 Å². The Balaban J connectivity index is 1.96. The summed E-state index contributed by atoms with van der Waals surface area (Å²) in [6, 6.07) is 11.4. The number of carbonyl (C=O) groups excluding carboxylic acids is 1. The summed E-state index contributed by atoms with van der Waals surface area (Å²) in [5.74, 6) is 0.765. The quantitative estimate of drug-likeness (QED) is 0.882. The summed E-state index contributed by atoms with van der Waals surface area (Å²) in [4.78, 5) is 14.8. The summed E-state index contributed by atoms with van der Waals surface area (Å²) in [5, 5.41) is 0. The fourth-order valence-corrected chi connectivity index (χ4v) is 3.00. The molecule has 1 heterocycles. The van der Waals surface area contributed by atoms with Crippen LogP contribution in [0.2, 0.25) is 0 Å². The Morgan fingerprint density at radius 2 is 2.09 bits per heavy atom. The van der Waals surface area contributed by atoms with E-state index in [1.165, 1.54) is 5.56 Å². The second-order valence-corrected chi connectivity index (χ2v) is 5.86. The van der Waals surface area contributed by atoms with E-state index in [9.17, 15) is 4.79 Å². The maximum absolute atomic E-state index is 13.0. The Bertz CT molecular complexity index is 740. The van der Waals surface area contributed by atoms with Gasteiger partial charge < -0.3 is 15.4 Å². The maximum Gasteiger partial charge on any atom is 0.258 e. The van der Waals surface area contributed by atoms with Gasteiger partial charge in [0.2, 0.25) is 0 Å². The van der Waals surface area contributed by atoms with Crippen LogP contribution in [0.4, 0.5) is 11.4 Å². The van der Waals surface area contributed by atoms with Crippen molar-refractivity contribution in [3.05, 3.63) is 53.1 Å². The van der Waals surface area contributed by atoms with Gasteiger partial charge >= 0.3 is 0 Å². The topological polar surface area (TPSA) is 55.6 Å². The average molecular weight is 310 g/mol. The summed E-state index contributed by atoms with van der Waals surface area (Å²) < 4.78 is 5.61. The van der Waals surface area contributed by atoms with E-state index in [4.69, 9.17) is 10.5 Å². The first kappa shape index (κ1) is 15.4.